The second kappa shape index (κ2) is 6.64. The zero-order valence-corrected chi connectivity index (χ0v) is 13.3. The Morgan fingerprint density at radius 3 is 2.24 bits per heavy atom. The van der Waals surface area contributed by atoms with Crippen molar-refractivity contribution >= 4 is 12.0 Å². The molecule has 0 bridgehead atoms. The molecule has 1 N–H and O–H groups in total. The number of likely N-dealkylation sites (tertiary alicyclic amines) is 2. The van der Waals surface area contributed by atoms with E-state index in [1.165, 1.54) is 0 Å². The van der Waals surface area contributed by atoms with Gasteiger partial charge in [-0.1, -0.05) is 6.92 Å². The number of rotatable bonds is 4. The minimum Gasteiger partial charge on any atom is -0.481 e. The zero-order valence-electron chi connectivity index (χ0n) is 13.3. The van der Waals surface area contributed by atoms with E-state index in [4.69, 9.17) is 5.11 Å². The van der Waals surface area contributed by atoms with Crippen molar-refractivity contribution in [2.45, 2.75) is 19.8 Å². The van der Waals surface area contributed by atoms with Gasteiger partial charge < -0.3 is 19.8 Å². The highest BCUT2D eigenvalue weighted by molar-refractivity contribution is 5.76. The van der Waals surface area contributed by atoms with Crippen LogP contribution in [0.3, 0.4) is 0 Å². The molecule has 2 aliphatic heterocycles. The van der Waals surface area contributed by atoms with E-state index in [-0.39, 0.29) is 17.9 Å². The van der Waals surface area contributed by atoms with Crippen molar-refractivity contribution in [3.05, 3.63) is 0 Å². The third-order valence-electron chi connectivity index (χ3n) is 4.79. The van der Waals surface area contributed by atoms with Crippen molar-refractivity contribution in [2.24, 2.45) is 17.8 Å². The molecule has 2 amide bonds. The molecule has 0 aromatic carbocycles. The van der Waals surface area contributed by atoms with E-state index in [2.05, 4.69) is 19.0 Å². The molecule has 1 atom stereocenters. The highest BCUT2D eigenvalue weighted by Crippen LogP contribution is 2.26. The van der Waals surface area contributed by atoms with E-state index in [1.54, 1.807) is 11.8 Å². The van der Waals surface area contributed by atoms with Gasteiger partial charge in [0.05, 0.1) is 5.92 Å². The minimum atomic E-state index is -0.767. The van der Waals surface area contributed by atoms with Crippen LogP contribution < -0.4 is 0 Å². The maximum absolute atomic E-state index is 12.3. The maximum Gasteiger partial charge on any atom is 0.320 e. The minimum absolute atomic E-state index is 0.0899. The lowest BCUT2D eigenvalue weighted by Crippen LogP contribution is -2.58. The van der Waals surface area contributed by atoms with E-state index >= 15 is 0 Å². The Bertz CT molecular complexity index is 386. The lowest BCUT2D eigenvalue weighted by Gasteiger charge is -2.44. The Morgan fingerprint density at radius 2 is 1.76 bits per heavy atom. The molecule has 0 spiro atoms. The summed E-state index contributed by atoms with van der Waals surface area (Å²) < 4.78 is 0. The summed E-state index contributed by atoms with van der Waals surface area (Å²) in [7, 11) is 4.17. The first-order valence-corrected chi connectivity index (χ1v) is 7.80. The molecule has 0 radical (unpaired) electrons. The number of carbonyl (C=O) groups excluding carboxylic acids is 1. The van der Waals surface area contributed by atoms with Crippen molar-refractivity contribution in [1.82, 2.24) is 14.7 Å². The van der Waals surface area contributed by atoms with Gasteiger partial charge in [-0.15, -0.1) is 0 Å². The summed E-state index contributed by atoms with van der Waals surface area (Å²) in [5.74, 6) is -0.338. The van der Waals surface area contributed by atoms with Gasteiger partial charge in [0, 0.05) is 38.6 Å². The summed E-state index contributed by atoms with van der Waals surface area (Å²) in [5.41, 5.74) is 0. The summed E-state index contributed by atoms with van der Waals surface area (Å²) in [4.78, 5) is 29.2. The van der Waals surface area contributed by atoms with E-state index in [0.717, 1.165) is 32.5 Å². The van der Waals surface area contributed by atoms with Crippen molar-refractivity contribution in [1.29, 1.82) is 0 Å². The third kappa shape index (κ3) is 3.87. The van der Waals surface area contributed by atoms with E-state index < -0.39 is 5.97 Å². The molecule has 120 valence electrons. The van der Waals surface area contributed by atoms with Gasteiger partial charge in [0.15, 0.2) is 0 Å². The van der Waals surface area contributed by atoms with Crippen LogP contribution >= 0.6 is 0 Å². The molecular formula is C15H27N3O3. The Labute approximate surface area is 126 Å². The Balaban J connectivity index is 1.73. The number of hydrogen-bond donors (Lipinski definition) is 1. The predicted molar refractivity (Wildman–Crippen MR) is 80.1 cm³/mol. The molecule has 2 heterocycles. The molecule has 0 aromatic rings. The molecule has 0 aromatic heterocycles. The second-order valence-electron chi connectivity index (χ2n) is 6.77. The molecule has 2 saturated heterocycles. The van der Waals surface area contributed by atoms with Crippen LogP contribution in [-0.2, 0) is 4.79 Å². The van der Waals surface area contributed by atoms with Crippen molar-refractivity contribution < 1.29 is 14.7 Å². The van der Waals surface area contributed by atoms with Gasteiger partial charge in [0.1, 0.15) is 0 Å². The number of carboxylic acids is 1. The maximum atomic E-state index is 12.3. The zero-order chi connectivity index (χ0) is 15.6. The normalized spacial score (nSPS) is 22.3. The molecule has 2 rings (SSSR count). The monoisotopic (exact) mass is 297 g/mol. The number of aliphatic carboxylic acids is 1. The fraction of sp³-hybridized carbons (Fsp3) is 0.867. The second-order valence-corrected chi connectivity index (χ2v) is 6.77. The quantitative estimate of drug-likeness (QED) is 0.842. The fourth-order valence-electron chi connectivity index (χ4n) is 3.21. The van der Waals surface area contributed by atoms with Gasteiger partial charge >= 0.3 is 12.0 Å². The number of amides is 2. The summed E-state index contributed by atoms with van der Waals surface area (Å²) in [6.45, 7) is 5.64. The van der Waals surface area contributed by atoms with Crippen LogP contribution in [0.4, 0.5) is 4.79 Å². The number of urea groups is 1. The van der Waals surface area contributed by atoms with Crippen LogP contribution in [-0.4, -0.2) is 78.6 Å². The largest absolute Gasteiger partial charge is 0.481 e. The first-order valence-electron chi connectivity index (χ1n) is 7.80. The van der Waals surface area contributed by atoms with Crippen molar-refractivity contribution in [3.8, 4) is 0 Å². The number of carbonyl (C=O) groups is 2. The standard InChI is InChI=1S/C15H27N3O3/c1-11(14(19)20)13-9-18(10-13)15(21)17-6-4-12(5-7-17)8-16(2)3/h11-13H,4-10H2,1-3H3,(H,19,20). The topological polar surface area (TPSA) is 64.1 Å². The summed E-state index contributed by atoms with van der Waals surface area (Å²) in [5, 5.41) is 8.97. The molecule has 2 aliphatic rings. The van der Waals surface area contributed by atoms with Crippen LogP contribution in [0.25, 0.3) is 0 Å². The highest BCUT2D eigenvalue weighted by Gasteiger charge is 2.39. The van der Waals surface area contributed by atoms with Gasteiger partial charge in [-0.25, -0.2) is 4.79 Å². The number of nitrogens with zero attached hydrogens (tertiary/aromatic N) is 3. The van der Waals surface area contributed by atoms with Gasteiger partial charge in [-0.3, -0.25) is 4.79 Å². The number of hydrogen-bond acceptors (Lipinski definition) is 3. The highest BCUT2D eigenvalue weighted by atomic mass is 16.4. The SMILES string of the molecule is CC(C(=O)O)C1CN(C(=O)N2CCC(CN(C)C)CC2)C1. The van der Waals surface area contributed by atoms with Gasteiger partial charge in [-0.05, 0) is 32.9 Å². The molecule has 6 heteroatoms. The third-order valence-corrected chi connectivity index (χ3v) is 4.79. The molecule has 0 saturated carbocycles. The lowest BCUT2D eigenvalue weighted by atomic mass is 9.87. The van der Waals surface area contributed by atoms with Gasteiger partial charge in [-0.2, -0.15) is 0 Å². The van der Waals surface area contributed by atoms with Crippen molar-refractivity contribution in [3.63, 3.8) is 0 Å². The lowest BCUT2D eigenvalue weighted by molar-refractivity contribution is -0.144. The first kappa shape index (κ1) is 16.1. The Kier molecular flexibility index (Phi) is 5.08. The summed E-state index contributed by atoms with van der Waals surface area (Å²) in [6.07, 6.45) is 2.12. The molecule has 21 heavy (non-hydrogen) atoms. The molecular weight excluding hydrogens is 270 g/mol. The molecule has 0 aliphatic carbocycles. The summed E-state index contributed by atoms with van der Waals surface area (Å²) in [6, 6.07) is 0.0899. The van der Waals surface area contributed by atoms with Gasteiger partial charge in [0.2, 0.25) is 0 Å². The van der Waals surface area contributed by atoms with Crippen LogP contribution in [0.1, 0.15) is 19.8 Å². The first-order chi connectivity index (χ1) is 9.88. The average Bonchev–Trinajstić information content (AvgIpc) is 2.36. The van der Waals surface area contributed by atoms with Crippen LogP contribution in [0.5, 0.6) is 0 Å². The van der Waals surface area contributed by atoms with Crippen LogP contribution in [0.2, 0.25) is 0 Å². The number of piperidine rings is 1. The molecule has 2 fully saturated rings. The van der Waals surface area contributed by atoms with Crippen LogP contribution in [0.15, 0.2) is 0 Å². The van der Waals surface area contributed by atoms with Gasteiger partial charge in [0.25, 0.3) is 0 Å². The fourth-order valence-corrected chi connectivity index (χ4v) is 3.21. The summed E-state index contributed by atoms with van der Waals surface area (Å²) >= 11 is 0. The van der Waals surface area contributed by atoms with E-state index in [0.29, 0.717) is 19.0 Å². The Hall–Kier alpha value is -1.30. The Morgan fingerprint density at radius 1 is 1.19 bits per heavy atom. The number of carboxylic acid groups (broad SMARTS) is 1. The van der Waals surface area contributed by atoms with Crippen molar-refractivity contribution in [2.75, 3.05) is 46.8 Å². The molecule has 1 unspecified atom stereocenters. The smallest absolute Gasteiger partial charge is 0.320 e. The van der Waals surface area contributed by atoms with E-state index in [1.807, 2.05) is 4.90 Å². The van der Waals surface area contributed by atoms with E-state index in [9.17, 15) is 9.59 Å². The van der Waals surface area contributed by atoms with Crippen LogP contribution in [0, 0.1) is 17.8 Å². The predicted octanol–water partition coefficient (Wildman–Crippen LogP) is 1.03. The average molecular weight is 297 g/mol. The molecule has 6 nitrogen and oxygen atoms in total.